The molecule has 0 saturated carbocycles. The number of nitrogens with two attached hydrogens (primary N) is 1. The van der Waals surface area contributed by atoms with Gasteiger partial charge in [-0.1, -0.05) is 23.9 Å². The minimum absolute atomic E-state index is 0.260. The van der Waals surface area contributed by atoms with Crippen LogP contribution in [0.4, 0.5) is 10.3 Å². The molecule has 1 heterocycles. The van der Waals surface area contributed by atoms with Crippen LogP contribution in [0.5, 0.6) is 5.75 Å². The molecule has 0 unspecified atom stereocenters. The zero-order chi connectivity index (χ0) is 13.0. The van der Waals surface area contributed by atoms with Gasteiger partial charge < -0.3 is 10.5 Å². The lowest BCUT2D eigenvalue weighted by atomic mass is 10.3. The van der Waals surface area contributed by atoms with Crippen molar-refractivity contribution in [3.63, 3.8) is 0 Å². The third kappa shape index (κ3) is 2.92. The molecule has 1 aromatic heterocycles. The highest BCUT2D eigenvalue weighted by molar-refractivity contribution is 7.99. The number of anilines is 1. The van der Waals surface area contributed by atoms with Crippen LogP contribution >= 0.6 is 11.8 Å². The number of halogens is 1. The van der Waals surface area contributed by atoms with Crippen molar-refractivity contribution in [2.45, 2.75) is 5.16 Å². The average molecular weight is 268 g/mol. The summed E-state index contributed by atoms with van der Waals surface area (Å²) in [7, 11) is 1.79. The third-order valence-corrected chi connectivity index (χ3v) is 3.26. The van der Waals surface area contributed by atoms with Crippen LogP contribution in [0.3, 0.4) is 0 Å². The number of rotatable bonds is 5. The Morgan fingerprint density at radius 3 is 2.83 bits per heavy atom. The van der Waals surface area contributed by atoms with Gasteiger partial charge in [0.05, 0.1) is 6.61 Å². The summed E-state index contributed by atoms with van der Waals surface area (Å²) in [4.78, 5) is 0. The number of nitrogen functional groups attached to an aromatic ring is 1. The molecule has 1 aromatic carbocycles. The van der Waals surface area contributed by atoms with Crippen LogP contribution in [-0.2, 0) is 7.05 Å². The van der Waals surface area contributed by atoms with Crippen LogP contribution in [0.15, 0.2) is 29.4 Å². The van der Waals surface area contributed by atoms with E-state index in [1.807, 2.05) is 0 Å². The lowest BCUT2D eigenvalue weighted by Crippen LogP contribution is -2.03. The molecule has 0 amide bonds. The van der Waals surface area contributed by atoms with Crippen molar-refractivity contribution in [2.24, 2.45) is 7.05 Å². The number of benzene rings is 1. The van der Waals surface area contributed by atoms with Gasteiger partial charge in [-0.2, -0.15) is 0 Å². The lowest BCUT2D eigenvalue weighted by molar-refractivity contribution is 0.325. The molecule has 0 bridgehead atoms. The van der Waals surface area contributed by atoms with Gasteiger partial charge in [0.15, 0.2) is 16.7 Å². The number of hydrogen-bond acceptors (Lipinski definition) is 5. The van der Waals surface area contributed by atoms with E-state index in [1.165, 1.54) is 17.8 Å². The Bertz CT molecular complexity index is 532. The Hall–Kier alpha value is -1.76. The first-order chi connectivity index (χ1) is 8.68. The standard InChI is InChI=1S/C11H13FN4OS/c1-16-10(13)14-15-11(16)18-7-6-17-9-5-3-2-4-8(9)12/h2-5H,6-7H2,1H3,(H2,13,14). The first-order valence-corrected chi connectivity index (χ1v) is 6.32. The zero-order valence-electron chi connectivity index (χ0n) is 9.84. The van der Waals surface area contributed by atoms with E-state index < -0.39 is 0 Å². The van der Waals surface area contributed by atoms with Crippen LogP contribution in [0, 0.1) is 5.82 Å². The van der Waals surface area contributed by atoms with Crippen LogP contribution in [-0.4, -0.2) is 27.1 Å². The molecule has 0 spiro atoms. The topological polar surface area (TPSA) is 66.0 Å². The predicted molar refractivity (Wildman–Crippen MR) is 68.0 cm³/mol. The monoisotopic (exact) mass is 268 g/mol. The van der Waals surface area contributed by atoms with E-state index in [-0.39, 0.29) is 11.6 Å². The molecule has 0 fully saturated rings. The minimum Gasteiger partial charge on any atom is -0.490 e. The van der Waals surface area contributed by atoms with Gasteiger partial charge in [-0.25, -0.2) is 4.39 Å². The molecule has 7 heteroatoms. The second-order valence-corrected chi connectivity index (χ2v) is 4.59. The van der Waals surface area contributed by atoms with E-state index >= 15 is 0 Å². The highest BCUT2D eigenvalue weighted by Gasteiger charge is 2.06. The smallest absolute Gasteiger partial charge is 0.222 e. The quantitative estimate of drug-likeness (QED) is 0.660. The second-order valence-electron chi connectivity index (χ2n) is 3.53. The molecule has 0 aliphatic rings. The number of hydrogen-bond donors (Lipinski definition) is 1. The molecular weight excluding hydrogens is 255 g/mol. The van der Waals surface area contributed by atoms with Gasteiger partial charge >= 0.3 is 0 Å². The van der Waals surface area contributed by atoms with Crippen molar-refractivity contribution in [1.82, 2.24) is 14.8 Å². The van der Waals surface area contributed by atoms with Crippen molar-refractivity contribution in [1.29, 1.82) is 0 Å². The molecule has 2 aromatic rings. The Kier molecular flexibility index (Phi) is 4.03. The summed E-state index contributed by atoms with van der Waals surface area (Å²) < 4.78 is 20.2. The van der Waals surface area contributed by atoms with Gasteiger partial charge in [0, 0.05) is 12.8 Å². The first kappa shape index (κ1) is 12.7. The molecule has 0 atom stereocenters. The van der Waals surface area contributed by atoms with E-state index in [4.69, 9.17) is 10.5 Å². The number of thioether (sulfide) groups is 1. The number of nitrogens with zero attached hydrogens (tertiary/aromatic N) is 3. The Balaban J connectivity index is 1.80. The van der Waals surface area contributed by atoms with E-state index in [0.29, 0.717) is 23.5 Å². The summed E-state index contributed by atoms with van der Waals surface area (Å²) in [6.07, 6.45) is 0. The molecule has 96 valence electrons. The fourth-order valence-electron chi connectivity index (χ4n) is 1.30. The van der Waals surface area contributed by atoms with Gasteiger partial charge in [0.25, 0.3) is 0 Å². The molecule has 0 saturated heterocycles. The Labute approximate surface area is 108 Å². The molecule has 5 nitrogen and oxygen atoms in total. The highest BCUT2D eigenvalue weighted by atomic mass is 32.2. The molecular formula is C11H13FN4OS. The van der Waals surface area contributed by atoms with E-state index in [9.17, 15) is 4.39 Å². The largest absolute Gasteiger partial charge is 0.490 e. The minimum atomic E-state index is -0.356. The molecule has 2 rings (SSSR count). The van der Waals surface area contributed by atoms with E-state index in [0.717, 1.165) is 0 Å². The maximum atomic E-state index is 13.2. The van der Waals surface area contributed by atoms with Crippen LogP contribution < -0.4 is 10.5 Å². The van der Waals surface area contributed by atoms with Crippen LogP contribution in [0.25, 0.3) is 0 Å². The summed E-state index contributed by atoms with van der Waals surface area (Å²) in [5.74, 6) is 0.911. The summed E-state index contributed by atoms with van der Waals surface area (Å²) >= 11 is 1.45. The molecule has 2 N–H and O–H groups in total. The summed E-state index contributed by atoms with van der Waals surface area (Å²) in [5, 5.41) is 8.35. The number of aromatic nitrogens is 3. The highest BCUT2D eigenvalue weighted by Crippen LogP contribution is 2.18. The summed E-state index contributed by atoms with van der Waals surface area (Å²) in [5.41, 5.74) is 5.55. The van der Waals surface area contributed by atoms with Crippen LogP contribution in [0.2, 0.25) is 0 Å². The number of ether oxygens (including phenoxy) is 1. The fraction of sp³-hybridized carbons (Fsp3) is 0.273. The summed E-state index contributed by atoms with van der Waals surface area (Å²) in [6.45, 7) is 0.387. The summed E-state index contributed by atoms with van der Waals surface area (Å²) in [6, 6.07) is 6.32. The van der Waals surface area contributed by atoms with Gasteiger partial charge in [-0.15, -0.1) is 10.2 Å². The zero-order valence-corrected chi connectivity index (χ0v) is 10.7. The lowest BCUT2D eigenvalue weighted by Gasteiger charge is -2.06. The fourth-order valence-corrected chi connectivity index (χ4v) is 2.03. The predicted octanol–water partition coefficient (Wildman–Crippen LogP) is 1.71. The first-order valence-electron chi connectivity index (χ1n) is 5.33. The second kappa shape index (κ2) is 5.72. The van der Waals surface area contributed by atoms with E-state index in [1.54, 1.807) is 29.8 Å². The van der Waals surface area contributed by atoms with Gasteiger partial charge in [0.2, 0.25) is 5.95 Å². The Morgan fingerprint density at radius 1 is 1.39 bits per heavy atom. The van der Waals surface area contributed by atoms with Crippen molar-refractivity contribution >= 4 is 17.7 Å². The third-order valence-electron chi connectivity index (χ3n) is 2.28. The maximum absolute atomic E-state index is 13.2. The molecule has 0 aliphatic heterocycles. The van der Waals surface area contributed by atoms with Gasteiger partial charge in [-0.05, 0) is 12.1 Å². The normalized spacial score (nSPS) is 10.6. The average Bonchev–Trinajstić information content (AvgIpc) is 2.68. The van der Waals surface area contributed by atoms with Crippen molar-refractivity contribution in [3.05, 3.63) is 30.1 Å². The van der Waals surface area contributed by atoms with E-state index in [2.05, 4.69) is 10.2 Å². The molecule has 0 radical (unpaired) electrons. The van der Waals surface area contributed by atoms with Gasteiger partial charge in [-0.3, -0.25) is 4.57 Å². The molecule has 0 aliphatic carbocycles. The van der Waals surface area contributed by atoms with Crippen LogP contribution in [0.1, 0.15) is 0 Å². The maximum Gasteiger partial charge on any atom is 0.222 e. The molecule has 18 heavy (non-hydrogen) atoms. The number of para-hydroxylation sites is 1. The Morgan fingerprint density at radius 2 is 2.17 bits per heavy atom. The SMILES string of the molecule is Cn1c(N)nnc1SCCOc1ccccc1F. The van der Waals surface area contributed by atoms with Crippen molar-refractivity contribution < 1.29 is 9.13 Å². The van der Waals surface area contributed by atoms with Gasteiger partial charge in [0.1, 0.15) is 0 Å². The van der Waals surface area contributed by atoms with Crippen molar-refractivity contribution in [2.75, 3.05) is 18.1 Å². The van der Waals surface area contributed by atoms with Crippen molar-refractivity contribution in [3.8, 4) is 5.75 Å².